The summed E-state index contributed by atoms with van der Waals surface area (Å²) >= 11 is 0. The molecule has 0 aliphatic rings. The van der Waals surface area contributed by atoms with Crippen LogP contribution >= 0.6 is 0 Å². The highest BCUT2D eigenvalue weighted by Gasteiger charge is 2.07. The number of aromatic nitrogens is 4. The number of rotatable bonds is 5. The van der Waals surface area contributed by atoms with Crippen molar-refractivity contribution >= 4 is 5.95 Å². The Balaban J connectivity index is 2.16. The Morgan fingerprint density at radius 3 is 2.94 bits per heavy atom. The molecule has 0 unspecified atom stereocenters. The second-order valence-electron chi connectivity index (χ2n) is 3.97. The van der Waals surface area contributed by atoms with Crippen molar-refractivity contribution in [1.82, 2.24) is 19.7 Å². The molecule has 0 bridgehead atoms. The van der Waals surface area contributed by atoms with Gasteiger partial charge in [0.1, 0.15) is 0 Å². The maximum Gasteiger partial charge on any atom is 0.227 e. The van der Waals surface area contributed by atoms with E-state index in [1.165, 1.54) is 0 Å². The summed E-state index contributed by atoms with van der Waals surface area (Å²) in [7, 11) is 1.77. The molecule has 0 aliphatic heterocycles. The molecule has 0 aromatic carbocycles. The quantitative estimate of drug-likeness (QED) is 0.877. The molecule has 0 saturated heterocycles. The molecule has 2 aromatic heterocycles. The minimum absolute atomic E-state index is 0.538. The van der Waals surface area contributed by atoms with Gasteiger partial charge in [-0.25, -0.2) is 4.98 Å². The molecule has 0 amide bonds. The van der Waals surface area contributed by atoms with Gasteiger partial charge in [-0.1, -0.05) is 6.92 Å². The third-order valence-electron chi connectivity index (χ3n) is 2.43. The van der Waals surface area contributed by atoms with Crippen LogP contribution in [0.5, 0.6) is 11.6 Å². The Morgan fingerprint density at radius 2 is 2.22 bits per heavy atom. The number of aryl methyl sites for hydroxylation is 2. The average molecular weight is 247 g/mol. The number of hydrogen-bond donors (Lipinski definition) is 1. The lowest BCUT2D eigenvalue weighted by Crippen LogP contribution is -1.99. The standard InChI is InChI=1S/C12H17N5O/c1-4-5-17-8-10(7-15-17)18-11-9(2)6-14-12(13-3)16-11/h6-8H,4-5H2,1-3H3,(H,13,14,16). The molecule has 0 atom stereocenters. The first kappa shape index (κ1) is 12.3. The summed E-state index contributed by atoms with van der Waals surface area (Å²) < 4.78 is 7.56. The third-order valence-corrected chi connectivity index (χ3v) is 2.43. The number of anilines is 1. The highest BCUT2D eigenvalue weighted by Crippen LogP contribution is 2.22. The van der Waals surface area contributed by atoms with E-state index in [0.29, 0.717) is 17.6 Å². The first-order valence-electron chi connectivity index (χ1n) is 5.94. The van der Waals surface area contributed by atoms with E-state index in [-0.39, 0.29) is 0 Å². The zero-order valence-corrected chi connectivity index (χ0v) is 10.8. The number of nitrogens with zero attached hydrogens (tertiary/aromatic N) is 4. The van der Waals surface area contributed by atoms with Gasteiger partial charge in [0.05, 0.1) is 12.4 Å². The summed E-state index contributed by atoms with van der Waals surface area (Å²) in [5.41, 5.74) is 0.886. The molecule has 0 fully saturated rings. The second-order valence-corrected chi connectivity index (χ2v) is 3.97. The maximum atomic E-state index is 5.70. The predicted octanol–water partition coefficient (Wildman–Crippen LogP) is 2.23. The van der Waals surface area contributed by atoms with Crippen molar-refractivity contribution in [3.8, 4) is 11.6 Å². The Labute approximate surface area is 106 Å². The maximum absolute atomic E-state index is 5.70. The van der Waals surface area contributed by atoms with Gasteiger partial charge in [-0.05, 0) is 13.3 Å². The van der Waals surface area contributed by atoms with Gasteiger partial charge in [0, 0.05) is 25.4 Å². The normalized spacial score (nSPS) is 10.4. The summed E-state index contributed by atoms with van der Waals surface area (Å²) in [5, 5.41) is 7.09. The second kappa shape index (κ2) is 5.48. The summed E-state index contributed by atoms with van der Waals surface area (Å²) in [4.78, 5) is 8.37. The van der Waals surface area contributed by atoms with Crippen LogP contribution in [0, 0.1) is 6.92 Å². The molecular formula is C12H17N5O. The average Bonchev–Trinajstić information content (AvgIpc) is 2.80. The van der Waals surface area contributed by atoms with Crippen LogP contribution in [0.3, 0.4) is 0 Å². The highest BCUT2D eigenvalue weighted by molar-refractivity contribution is 5.34. The van der Waals surface area contributed by atoms with Crippen molar-refractivity contribution in [2.45, 2.75) is 26.8 Å². The van der Waals surface area contributed by atoms with Crippen molar-refractivity contribution in [3.63, 3.8) is 0 Å². The van der Waals surface area contributed by atoms with Crippen LogP contribution in [0.4, 0.5) is 5.95 Å². The molecule has 0 radical (unpaired) electrons. The van der Waals surface area contributed by atoms with Crippen LogP contribution in [0.25, 0.3) is 0 Å². The Kier molecular flexibility index (Phi) is 3.76. The molecule has 2 heterocycles. The van der Waals surface area contributed by atoms with Gasteiger partial charge in [0.2, 0.25) is 11.8 Å². The highest BCUT2D eigenvalue weighted by atomic mass is 16.5. The van der Waals surface area contributed by atoms with Gasteiger partial charge in [-0.15, -0.1) is 0 Å². The fourth-order valence-electron chi connectivity index (χ4n) is 1.51. The molecule has 2 rings (SSSR count). The molecule has 0 spiro atoms. The van der Waals surface area contributed by atoms with Crippen LogP contribution in [0.1, 0.15) is 18.9 Å². The van der Waals surface area contributed by atoms with E-state index >= 15 is 0 Å². The Morgan fingerprint density at radius 1 is 1.39 bits per heavy atom. The number of ether oxygens (including phenoxy) is 1. The summed E-state index contributed by atoms with van der Waals surface area (Å²) in [5.74, 6) is 1.77. The summed E-state index contributed by atoms with van der Waals surface area (Å²) in [6, 6.07) is 0. The van der Waals surface area contributed by atoms with Crippen molar-refractivity contribution in [1.29, 1.82) is 0 Å². The summed E-state index contributed by atoms with van der Waals surface area (Å²) in [6.45, 7) is 4.90. The monoisotopic (exact) mass is 247 g/mol. The van der Waals surface area contributed by atoms with Gasteiger partial charge in [0.25, 0.3) is 0 Å². The number of nitrogens with one attached hydrogen (secondary N) is 1. The molecule has 1 N–H and O–H groups in total. The van der Waals surface area contributed by atoms with E-state index in [1.54, 1.807) is 19.4 Å². The predicted molar refractivity (Wildman–Crippen MR) is 68.9 cm³/mol. The molecular weight excluding hydrogens is 230 g/mol. The van der Waals surface area contributed by atoms with Crippen LogP contribution < -0.4 is 10.1 Å². The zero-order chi connectivity index (χ0) is 13.0. The first-order chi connectivity index (χ1) is 8.72. The van der Waals surface area contributed by atoms with E-state index in [2.05, 4.69) is 27.3 Å². The molecule has 0 saturated carbocycles. The topological polar surface area (TPSA) is 64.9 Å². The molecule has 96 valence electrons. The lowest BCUT2D eigenvalue weighted by Gasteiger charge is -2.06. The van der Waals surface area contributed by atoms with Gasteiger partial charge in [-0.2, -0.15) is 10.1 Å². The largest absolute Gasteiger partial charge is 0.435 e. The lowest BCUT2D eigenvalue weighted by atomic mass is 10.4. The molecule has 6 nitrogen and oxygen atoms in total. The van der Waals surface area contributed by atoms with Crippen molar-refractivity contribution in [2.75, 3.05) is 12.4 Å². The Hall–Kier alpha value is -2.11. The Bertz CT molecular complexity index is 523. The zero-order valence-electron chi connectivity index (χ0n) is 10.8. The van der Waals surface area contributed by atoms with E-state index in [1.807, 2.05) is 17.8 Å². The SMILES string of the molecule is CCCn1cc(Oc2nc(NC)ncc2C)cn1. The fourth-order valence-corrected chi connectivity index (χ4v) is 1.51. The molecule has 0 aliphatic carbocycles. The molecule has 18 heavy (non-hydrogen) atoms. The van der Waals surface area contributed by atoms with Crippen molar-refractivity contribution < 1.29 is 4.74 Å². The molecule has 2 aromatic rings. The molecule has 6 heteroatoms. The van der Waals surface area contributed by atoms with E-state index in [0.717, 1.165) is 18.5 Å². The summed E-state index contributed by atoms with van der Waals surface area (Å²) in [6.07, 6.45) is 6.32. The lowest BCUT2D eigenvalue weighted by molar-refractivity contribution is 0.456. The van der Waals surface area contributed by atoms with Gasteiger partial charge in [-0.3, -0.25) is 4.68 Å². The van der Waals surface area contributed by atoms with Crippen LogP contribution in [0.15, 0.2) is 18.6 Å². The van der Waals surface area contributed by atoms with E-state index in [9.17, 15) is 0 Å². The van der Waals surface area contributed by atoms with Gasteiger partial charge < -0.3 is 10.1 Å². The van der Waals surface area contributed by atoms with Crippen molar-refractivity contribution in [2.24, 2.45) is 0 Å². The fraction of sp³-hybridized carbons (Fsp3) is 0.417. The van der Waals surface area contributed by atoms with Crippen LogP contribution in [0.2, 0.25) is 0 Å². The van der Waals surface area contributed by atoms with Crippen molar-refractivity contribution in [3.05, 3.63) is 24.2 Å². The smallest absolute Gasteiger partial charge is 0.227 e. The van der Waals surface area contributed by atoms with Gasteiger partial charge in [0.15, 0.2) is 5.75 Å². The van der Waals surface area contributed by atoms with E-state index in [4.69, 9.17) is 4.74 Å². The third kappa shape index (κ3) is 2.77. The number of hydrogen-bond acceptors (Lipinski definition) is 5. The van der Waals surface area contributed by atoms with E-state index < -0.39 is 0 Å². The minimum atomic E-state index is 0.538. The van der Waals surface area contributed by atoms with Gasteiger partial charge >= 0.3 is 0 Å². The first-order valence-corrected chi connectivity index (χ1v) is 5.94. The minimum Gasteiger partial charge on any atom is -0.435 e. The van der Waals surface area contributed by atoms with Crippen LogP contribution in [-0.2, 0) is 6.54 Å². The van der Waals surface area contributed by atoms with Crippen LogP contribution in [-0.4, -0.2) is 26.8 Å².